The van der Waals surface area contributed by atoms with Crippen LogP contribution in [0.25, 0.3) is 43.4 Å². The van der Waals surface area contributed by atoms with Crippen LogP contribution in [-0.4, -0.2) is 52.4 Å². The first kappa shape index (κ1) is 27.9. The lowest BCUT2D eigenvalue weighted by atomic mass is 9.67. The molecule has 8 rings (SSSR count). The zero-order valence-electron chi connectivity index (χ0n) is 26.1. The molecule has 0 N–H and O–H groups in total. The number of aryl methyl sites for hydroxylation is 1. The van der Waals surface area contributed by atoms with Crippen molar-refractivity contribution < 1.29 is 23.7 Å². The van der Waals surface area contributed by atoms with E-state index in [0.29, 0.717) is 33.0 Å². The van der Waals surface area contributed by atoms with E-state index in [9.17, 15) is 0 Å². The molecule has 3 aliphatic rings. The third-order valence-corrected chi connectivity index (χ3v) is 9.97. The van der Waals surface area contributed by atoms with Crippen molar-refractivity contribution >= 4 is 32.3 Å². The molecule has 0 atom stereocenters. The Balaban J connectivity index is 1.38. The Hall–Kier alpha value is -3.64. The molecule has 44 heavy (non-hydrogen) atoms. The zero-order chi connectivity index (χ0) is 30.1. The normalized spacial score (nSPS) is 19.8. The van der Waals surface area contributed by atoms with Gasteiger partial charge >= 0.3 is 0 Å². The maximum atomic E-state index is 7.39. The summed E-state index contributed by atoms with van der Waals surface area (Å²) in [4.78, 5) is 0. The summed E-state index contributed by atoms with van der Waals surface area (Å²) in [6.07, 6.45) is -0.0603. The molecule has 0 unspecified atom stereocenters. The molecule has 5 heteroatoms. The second kappa shape index (κ2) is 10.2. The molecule has 0 amide bonds. The van der Waals surface area contributed by atoms with Crippen LogP contribution >= 0.6 is 0 Å². The topological polar surface area (TPSA) is 46.2 Å². The Morgan fingerprint density at radius 3 is 1.89 bits per heavy atom. The van der Waals surface area contributed by atoms with Gasteiger partial charge in [-0.05, 0) is 35.2 Å². The van der Waals surface area contributed by atoms with Gasteiger partial charge in [-0.25, -0.2) is 0 Å². The Bertz CT molecular complexity index is 1880. The van der Waals surface area contributed by atoms with Crippen LogP contribution in [0.2, 0.25) is 0 Å². The van der Waals surface area contributed by atoms with Gasteiger partial charge in [0.1, 0.15) is 17.6 Å². The number of hydrogen-bond donors (Lipinski definition) is 0. The highest BCUT2D eigenvalue weighted by atomic mass is 16.5. The van der Waals surface area contributed by atoms with E-state index in [4.69, 9.17) is 23.7 Å². The minimum absolute atomic E-state index is 0.0347. The van der Waals surface area contributed by atoms with E-state index in [1.54, 1.807) is 0 Å². The molecule has 3 heterocycles. The van der Waals surface area contributed by atoms with Gasteiger partial charge in [0.25, 0.3) is 0 Å². The van der Waals surface area contributed by atoms with E-state index in [1.165, 1.54) is 11.1 Å². The van der Waals surface area contributed by atoms with E-state index in [0.717, 1.165) is 62.6 Å². The van der Waals surface area contributed by atoms with Crippen LogP contribution < -0.4 is 9.47 Å². The second-order valence-corrected chi connectivity index (χ2v) is 14.3. The lowest BCUT2D eigenvalue weighted by Crippen LogP contribution is -2.63. The van der Waals surface area contributed by atoms with Crippen molar-refractivity contribution in [2.24, 2.45) is 16.2 Å². The van der Waals surface area contributed by atoms with Gasteiger partial charge in [0.15, 0.2) is 0 Å². The van der Waals surface area contributed by atoms with Gasteiger partial charge in [-0.3, -0.25) is 0 Å². The first-order chi connectivity index (χ1) is 21.3. The molecule has 5 aromatic carbocycles. The van der Waals surface area contributed by atoms with Crippen LogP contribution in [0.4, 0.5) is 0 Å². The highest BCUT2D eigenvalue weighted by molar-refractivity contribution is 6.18. The molecule has 0 aliphatic carbocycles. The lowest BCUT2D eigenvalue weighted by molar-refractivity contribution is -0.236. The van der Waals surface area contributed by atoms with E-state index >= 15 is 0 Å². The summed E-state index contributed by atoms with van der Waals surface area (Å²) in [5.74, 6) is 1.87. The Morgan fingerprint density at radius 1 is 0.636 bits per heavy atom. The molecule has 3 fully saturated rings. The van der Waals surface area contributed by atoms with Crippen molar-refractivity contribution in [3.8, 4) is 22.6 Å². The first-order valence-electron chi connectivity index (χ1n) is 15.8. The average molecular weight is 589 g/mol. The van der Waals surface area contributed by atoms with Crippen molar-refractivity contribution in [2.75, 3.05) is 46.2 Å². The Kier molecular flexibility index (Phi) is 6.46. The minimum Gasteiger partial charge on any atom is -0.492 e. The SMILES string of the molecule is Cc1ccc2c(-c3ccc4ccccc4c3OC(C3(C)COC3)C3(C)COC3)c3ccccc3c(OCC3(C)COC3)c2c1. The van der Waals surface area contributed by atoms with Crippen molar-refractivity contribution in [2.45, 2.75) is 33.8 Å². The molecule has 226 valence electrons. The van der Waals surface area contributed by atoms with Crippen LogP contribution in [0.3, 0.4) is 0 Å². The molecule has 0 radical (unpaired) electrons. The van der Waals surface area contributed by atoms with Crippen molar-refractivity contribution in [3.63, 3.8) is 0 Å². The zero-order valence-corrected chi connectivity index (χ0v) is 26.1. The van der Waals surface area contributed by atoms with Gasteiger partial charge < -0.3 is 23.7 Å². The molecule has 0 bridgehead atoms. The molecule has 0 saturated carbocycles. The molecule has 3 saturated heterocycles. The third-order valence-electron chi connectivity index (χ3n) is 9.97. The van der Waals surface area contributed by atoms with Gasteiger partial charge in [0, 0.05) is 32.7 Å². The van der Waals surface area contributed by atoms with E-state index < -0.39 is 0 Å². The first-order valence-corrected chi connectivity index (χ1v) is 15.8. The van der Waals surface area contributed by atoms with Gasteiger partial charge in [-0.2, -0.15) is 0 Å². The molecular formula is C39H40O5. The summed E-state index contributed by atoms with van der Waals surface area (Å²) in [6.45, 7) is 13.8. The van der Waals surface area contributed by atoms with Gasteiger partial charge in [-0.15, -0.1) is 0 Å². The molecular weight excluding hydrogens is 548 g/mol. The van der Waals surface area contributed by atoms with Crippen LogP contribution in [0.5, 0.6) is 11.5 Å². The van der Waals surface area contributed by atoms with Gasteiger partial charge in [-0.1, -0.05) is 93.1 Å². The van der Waals surface area contributed by atoms with E-state index in [1.807, 2.05) is 0 Å². The monoisotopic (exact) mass is 588 g/mol. The maximum Gasteiger partial charge on any atom is 0.135 e. The predicted octanol–water partition coefficient (Wildman–Crippen LogP) is 8.36. The number of hydrogen-bond acceptors (Lipinski definition) is 5. The van der Waals surface area contributed by atoms with Gasteiger partial charge in [0.05, 0.1) is 57.1 Å². The van der Waals surface area contributed by atoms with Crippen molar-refractivity contribution in [1.82, 2.24) is 0 Å². The summed E-state index contributed by atoms with van der Waals surface area (Å²) in [6, 6.07) is 28.4. The molecule has 5 nitrogen and oxygen atoms in total. The fourth-order valence-corrected chi connectivity index (χ4v) is 7.44. The fraction of sp³-hybridized carbons (Fsp3) is 0.385. The van der Waals surface area contributed by atoms with Crippen LogP contribution in [0.1, 0.15) is 26.3 Å². The largest absolute Gasteiger partial charge is 0.492 e. The number of benzene rings is 5. The van der Waals surface area contributed by atoms with Crippen LogP contribution in [-0.2, 0) is 14.2 Å². The number of rotatable bonds is 8. The maximum absolute atomic E-state index is 7.39. The predicted molar refractivity (Wildman–Crippen MR) is 176 cm³/mol. The molecule has 3 aliphatic heterocycles. The van der Waals surface area contributed by atoms with Crippen molar-refractivity contribution in [1.29, 1.82) is 0 Å². The van der Waals surface area contributed by atoms with Crippen LogP contribution in [0.15, 0.2) is 78.9 Å². The summed E-state index contributed by atoms with van der Waals surface area (Å²) >= 11 is 0. The summed E-state index contributed by atoms with van der Waals surface area (Å²) in [5, 5.41) is 6.82. The van der Waals surface area contributed by atoms with Gasteiger partial charge in [0.2, 0.25) is 0 Å². The third kappa shape index (κ3) is 4.40. The molecule has 0 aromatic heterocycles. The van der Waals surface area contributed by atoms with Crippen molar-refractivity contribution in [3.05, 3.63) is 84.4 Å². The number of ether oxygens (including phenoxy) is 5. The minimum atomic E-state index is -0.0902. The number of fused-ring (bicyclic) bond motifs is 3. The lowest BCUT2D eigenvalue weighted by Gasteiger charge is -2.54. The second-order valence-electron chi connectivity index (χ2n) is 14.3. The molecule has 5 aromatic rings. The summed E-state index contributed by atoms with van der Waals surface area (Å²) in [5.41, 5.74) is 3.32. The average Bonchev–Trinajstić information content (AvgIpc) is 2.99. The summed E-state index contributed by atoms with van der Waals surface area (Å²) < 4.78 is 31.2. The smallest absolute Gasteiger partial charge is 0.135 e. The molecule has 0 spiro atoms. The van der Waals surface area contributed by atoms with E-state index in [-0.39, 0.29) is 22.3 Å². The van der Waals surface area contributed by atoms with E-state index in [2.05, 4.69) is 107 Å². The van der Waals surface area contributed by atoms with Crippen LogP contribution in [0, 0.1) is 23.2 Å². The summed E-state index contributed by atoms with van der Waals surface area (Å²) in [7, 11) is 0. The standard InChI is InChI=1S/C39H40O5/c1-25-13-15-29-32(17-25)34(43-20-37(2)18-40-19-37)30-12-8-7-11-28(30)33(29)31-16-14-26-9-5-6-10-27(26)35(31)44-36(38(3)21-41-22-38)39(4)23-42-24-39/h5-17,36H,18-24H2,1-4H3. The highest BCUT2D eigenvalue weighted by Gasteiger charge is 2.55. The Morgan fingerprint density at radius 2 is 1.25 bits per heavy atom. The highest BCUT2D eigenvalue weighted by Crippen LogP contribution is 2.51. The Labute approximate surface area is 259 Å². The quantitative estimate of drug-likeness (QED) is 0.171. The fourth-order valence-electron chi connectivity index (χ4n) is 7.44.